The Kier molecular flexibility index (Phi) is 9.55. The third-order valence-corrected chi connectivity index (χ3v) is 7.80. The molecule has 0 saturated carbocycles. The highest BCUT2D eigenvalue weighted by atomic mass is 32.2. The summed E-state index contributed by atoms with van der Waals surface area (Å²) < 4.78 is 102. The Morgan fingerprint density at radius 2 is 1.81 bits per heavy atom. The van der Waals surface area contributed by atoms with E-state index in [9.17, 15) is 26.6 Å². The van der Waals surface area contributed by atoms with Crippen LogP contribution in [0.5, 0.6) is 5.75 Å². The summed E-state index contributed by atoms with van der Waals surface area (Å²) in [5.41, 5.74) is -0.997. The van der Waals surface area contributed by atoms with E-state index >= 15 is 4.39 Å². The van der Waals surface area contributed by atoms with Crippen LogP contribution in [0, 0.1) is 11.6 Å². The van der Waals surface area contributed by atoms with E-state index in [-0.39, 0.29) is 65.3 Å². The summed E-state index contributed by atoms with van der Waals surface area (Å²) in [5.74, 6) is -2.07. The lowest BCUT2D eigenvalue weighted by molar-refractivity contribution is -0.142. The van der Waals surface area contributed by atoms with Crippen molar-refractivity contribution in [3.8, 4) is 16.9 Å². The van der Waals surface area contributed by atoms with E-state index in [0.29, 0.717) is 11.8 Å². The number of furan rings is 1. The fourth-order valence-corrected chi connectivity index (χ4v) is 4.91. The molecule has 4 aromatic rings. The van der Waals surface area contributed by atoms with Gasteiger partial charge in [0.15, 0.2) is 5.82 Å². The van der Waals surface area contributed by atoms with Crippen molar-refractivity contribution in [3.05, 3.63) is 82.9 Å². The van der Waals surface area contributed by atoms with E-state index < -0.39 is 45.1 Å². The zero-order valence-corrected chi connectivity index (χ0v) is 24.6. The summed E-state index contributed by atoms with van der Waals surface area (Å²) in [6.07, 6.45) is -3.16. The number of halogens is 5. The number of hydrogen-bond donors (Lipinski definition) is 1. The van der Waals surface area contributed by atoms with Gasteiger partial charge in [0.2, 0.25) is 0 Å². The largest absolute Gasteiger partial charge is 0.488 e. The molecule has 0 saturated heterocycles. The van der Waals surface area contributed by atoms with Gasteiger partial charge in [-0.25, -0.2) is 17.7 Å². The van der Waals surface area contributed by atoms with Crippen LogP contribution in [0.1, 0.15) is 50.1 Å². The summed E-state index contributed by atoms with van der Waals surface area (Å²) in [4.78, 5) is 16.0. The van der Waals surface area contributed by atoms with Crippen LogP contribution in [0.3, 0.4) is 0 Å². The van der Waals surface area contributed by atoms with E-state index in [0.717, 1.165) is 12.1 Å². The Morgan fingerprint density at radius 1 is 1.07 bits per heavy atom. The van der Waals surface area contributed by atoms with Gasteiger partial charge in [-0.15, -0.1) is 0 Å². The minimum absolute atomic E-state index is 0.00400. The maximum absolute atomic E-state index is 15.8. The molecule has 43 heavy (non-hydrogen) atoms. The molecule has 2 aromatic heterocycles. The van der Waals surface area contributed by atoms with E-state index in [1.807, 2.05) is 0 Å². The van der Waals surface area contributed by atoms with Crippen LogP contribution in [0.25, 0.3) is 22.1 Å². The number of carbonyl (C=O) groups excluding carboxylic acids is 1. The Hall–Kier alpha value is -3.84. The highest BCUT2D eigenvalue weighted by Crippen LogP contribution is 2.41. The van der Waals surface area contributed by atoms with Crippen LogP contribution >= 0.6 is 0 Å². The molecule has 4 rings (SSSR count). The molecule has 7 nitrogen and oxygen atoms in total. The van der Waals surface area contributed by atoms with Crippen molar-refractivity contribution < 1.29 is 44.8 Å². The first-order valence-corrected chi connectivity index (χ1v) is 14.3. The normalized spacial score (nSPS) is 12.9. The molecule has 0 aliphatic carbocycles. The first-order chi connectivity index (χ1) is 20.2. The Labute approximate surface area is 247 Å². The van der Waals surface area contributed by atoms with Crippen molar-refractivity contribution in [2.75, 3.05) is 6.61 Å². The number of nitrogens with one attached hydrogen (secondary N) is 1. The van der Waals surface area contributed by atoms with Crippen LogP contribution in [0.2, 0.25) is 0 Å². The number of ether oxygens (including phenoxy) is 2. The SMILES string of the molecule is CCOC(=O)Cc1ccc(F)cc1OCc1cc(-c2ccnc(CNS(=O)C(C)(C)C)c2F)c2occ(C(F)(F)F)c2c1. The molecule has 1 N–H and O–H groups in total. The molecule has 13 heteroatoms. The average molecular weight is 625 g/mol. The van der Waals surface area contributed by atoms with E-state index in [1.54, 1.807) is 27.7 Å². The van der Waals surface area contributed by atoms with Gasteiger partial charge in [0, 0.05) is 34.3 Å². The van der Waals surface area contributed by atoms with Gasteiger partial charge in [0.25, 0.3) is 0 Å². The van der Waals surface area contributed by atoms with Crippen LogP contribution in [-0.2, 0) is 46.3 Å². The topological polar surface area (TPSA) is 90.7 Å². The standard InChI is InChI=1S/C30H29F5N2O5S/c1-5-40-26(38)12-18-6-7-19(31)13-25(18)41-15-17-10-21(28-22(11-17)23(16-42-28)30(33,34)35)20-8-9-36-24(27(20)32)14-37-43(39)29(2,3)4/h6-11,13,16,37H,5,12,14-15H2,1-4H3. The van der Waals surface area contributed by atoms with Crippen LogP contribution in [-0.4, -0.2) is 26.5 Å². The number of carbonyl (C=O) groups is 1. The maximum atomic E-state index is 15.8. The number of alkyl halides is 3. The lowest BCUT2D eigenvalue weighted by Gasteiger charge is -2.18. The lowest BCUT2D eigenvalue weighted by atomic mass is 9.98. The van der Waals surface area contributed by atoms with Gasteiger partial charge < -0.3 is 13.9 Å². The average Bonchev–Trinajstić information content (AvgIpc) is 3.36. The number of nitrogens with zero attached hydrogens (tertiary/aromatic N) is 1. The first kappa shape index (κ1) is 32.1. The van der Waals surface area contributed by atoms with E-state index in [2.05, 4.69) is 9.71 Å². The number of hydrogen-bond acceptors (Lipinski definition) is 6. The van der Waals surface area contributed by atoms with Crippen molar-refractivity contribution in [1.29, 1.82) is 0 Å². The zero-order chi connectivity index (χ0) is 31.5. The van der Waals surface area contributed by atoms with E-state index in [4.69, 9.17) is 13.9 Å². The second-order valence-electron chi connectivity index (χ2n) is 10.5. The minimum Gasteiger partial charge on any atom is -0.488 e. The first-order valence-electron chi connectivity index (χ1n) is 13.2. The number of aromatic nitrogens is 1. The molecule has 2 aromatic carbocycles. The summed E-state index contributed by atoms with van der Waals surface area (Å²) >= 11 is 0. The Balaban J connectivity index is 1.75. The van der Waals surface area contributed by atoms with Gasteiger partial charge in [-0.2, -0.15) is 13.2 Å². The molecule has 1 unspecified atom stereocenters. The van der Waals surface area contributed by atoms with Gasteiger partial charge in [-0.3, -0.25) is 9.78 Å². The van der Waals surface area contributed by atoms with Gasteiger partial charge in [-0.05, 0) is 57.5 Å². The monoisotopic (exact) mass is 624 g/mol. The molecule has 0 fully saturated rings. The highest BCUT2D eigenvalue weighted by molar-refractivity contribution is 7.84. The van der Waals surface area contributed by atoms with Crippen LogP contribution < -0.4 is 9.46 Å². The number of esters is 1. The van der Waals surface area contributed by atoms with Crippen molar-refractivity contribution in [2.45, 2.75) is 58.2 Å². The van der Waals surface area contributed by atoms with Gasteiger partial charge in [0.1, 0.15) is 35.6 Å². The fourth-order valence-electron chi connectivity index (χ4n) is 4.21. The fraction of sp³-hybridized carbons (Fsp3) is 0.333. The molecule has 2 heterocycles. The van der Waals surface area contributed by atoms with Gasteiger partial charge in [-0.1, -0.05) is 6.07 Å². The van der Waals surface area contributed by atoms with Crippen molar-refractivity contribution in [3.63, 3.8) is 0 Å². The quantitative estimate of drug-likeness (QED) is 0.151. The number of benzene rings is 2. The summed E-state index contributed by atoms with van der Waals surface area (Å²) in [6, 6.07) is 7.43. The number of fused-ring (bicyclic) bond motifs is 1. The molecule has 230 valence electrons. The molecule has 0 bridgehead atoms. The predicted molar refractivity (Wildman–Crippen MR) is 150 cm³/mol. The molecular weight excluding hydrogens is 595 g/mol. The molecule has 0 amide bonds. The number of pyridine rings is 1. The highest BCUT2D eigenvalue weighted by Gasteiger charge is 2.35. The van der Waals surface area contributed by atoms with Crippen LogP contribution in [0.4, 0.5) is 22.0 Å². The Bertz CT molecular complexity index is 1660. The number of rotatable bonds is 10. The second-order valence-corrected chi connectivity index (χ2v) is 12.6. The summed E-state index contributed by atoms with van der Waals surface area (Å²) in [5, 5.41) is -0.334. The zero-order valence-electron chi connectivity index (χ0n) is 23.7. The molecule has 0 spiro atoms. The van der Waals surface area contributed by atoms with Crippen LogP contribution in [0.15, 0.2) is 53.3 Å². The van der Waals surface area contributed by atoms with Gasteiger partial charge >= 0.3 is 12.1 Å². The third kappa shape index (κ3) is 7.57. The second kappa shape index (κ2) is 12.8. The van der Waals surface area contributed by atoms with E-state index in [1.165, 1.54) is 30.5 Å². The summed E-state index contributed by atoms with van der Waals surface area (Å²) in [7, 11) is -1.53. The van der Waals surface area contributed by atoms with Crippen molar-refractivity contribution >= 4 is 27.9 Å². The molecule has 0 radical (unpaired) electrons. The van der Waals surface area contributed by atoms with Crippen molar-refractivity contribution in [2.24, 2.45) is 0 Å². The molecule has 0 aliphatic heterocycles. The summed E-state index contributed by atoms with van der Waals surface area (Å²) in [6.45, 7) is 6.43. The molecular formula is C30H29F5N2O5S. The predicted octanol–water partition coefficient (Wildman–Crippen LogP) is 7.03. The molecule has 1 atom stereocenters. The third-order valence-electron chi connectivity index (χ3n) is 6.28. The minimum atomic E-state index is -4.78. The lowest BCUT2D eigenvalue weighted by Crippen LogP contribution is -2.33. The smallest absolute Gasteiger partial charge is 0.420 e. The molecule has 0 aliphatic rings. The Morgan fingerprint density at radius 3 is 2.49 bits per heavy atom. The van der Waals surface area contributed by atoms with Crippen molar-refractivity contribution in [1.82, 2.24) is 9.71 Å². The van der Waals surface area contributed by atoms with Gasteiger partial charge in [0.05, 0.1) is 41.0 Å². The maximum Gasteiger partial charge on any atom is 0.420 e.